The summed E-state index contributed by atoms with van der Waals surface area (Å²) in [5, 5.41) is 0. The third kappa shape index (κ3) is 3.95. The van der Waals surface area contributed by atoms with Crippen molar-refractivity contribution in [3.05, 3.63) is 94.5 Å². The van der Waals surface area contributed by atoms with Crippen molar-refractivity contribution in [1.82, 2.24) is 0 Å². The van der Waals surface area contributed by atoms with Crippen LogP contribution in [0.2, 0.25) is 0 Å². The summed E-state index contributed by atoms with van der Waals surface area (Å²) in [7, 11) is 13.5. The molecule has 4 rings (SSSR count). The Bertz CT molecular complexity index is 1080. The molecule has 1 aliphatic carbocycles. The Kier molecular flexibility index (Phi) is 5.96. The molecule has 0 saturated carbocycles. The average molecular weight is 500 g/mol. The molecule has 0 nitrogen and oxygen atoms in total. The fraction of sp³-hybridized carbons (Fsp3) is 0.231. The second-order valence-corrected chi connectivity index (χ2v) is 17.5. The summed E-state index contributed by atoms with van der Waals surface area (Å²) in [5.74, 6) is 0. The quantitative estimate of drug-likeness (QED) is 0.339. The first kappa shape index (κ1) is 21.1. The normalized spacial score (nSPS) is 15.8. The van der Waals surface area contributed by atoms with Gasteiger partial charge in [0.2, 0.25) is 0 Å². The predicted octanol–water partition coefficient (Wildman–Crippen LogP) is 8.48. The molecule has 0 radical (unpaired) electrons. The van der Waals surface area contributed by atoms with Crippen molar-refractivity contribution in [2.75, 3.05) is 0 Å². The summed E-state index contributed by atoms with van der Waals surface area (Å²) in [5.41, 5.74) is 10.4. The topological polar surface area (TPSA) is 0 Å². The van der Waals surface area contributed by atoms with Crippen LogP contribution in [-0.4, -0.2) is 0 Å². The van der Waals surface area contributed by atoms with Crippen LogP contribution < -0.4 is 0 Å². The molecule has 29 heavy (non-hydrogen) atoms. The SMILES string of the molecule is Cc1ccccc1-c1c(C(C)(C)C)ccc2c1C=C(c1ccccc1)[CH]2[Zr]([Cl])[Cl]. The van der Waals surface area contributed by atoms with Crippen molar-refractivity contribution in [1.29, 1.82) is 0 Å². The number of allylic oxidation sites excluding steroid dienone is 1. The molecule has 3 heteroatoms. The zero-order valence-corrected chi connectivity index (χ0v) is 21.2. The van der Waals surface area contributed by atoms with E-state index in [9.17, 15) is 0 Å². The van der Waals surface area contributed by atoms with E-state index in [0.717, 1.165) is 0 Å². The van der Waals surface area contributed by atoms with Gasteiger partial charge in [0.05, 0.1) is 0 Å². The van der Waals surface area contributed by atoms with E-state index in [4.69, 9.17) is 17.0 Å². The van der Waals surface area contributed by atoms with E-state index >= 15 is 0 Å². The molecule has 0 heterocycles. The van der Waals surface area contributed by atoms with Gasteiger partial charge in [0.25, 0.3) is 0 Å². The third-order valence-corrected chi connectivity index (χ3v) is 10.9. The Morgan fingerprint density at radius 1 is 0.828 bits per heavy atom. The summed E-state index contributed by atoms with van der Waals surface area (Å²) in [6.07, 6.45) is 2.36. The minimum atomic E-state index is -2.62. The van der Waals surface area contributed by atoms with E-state index in [1.54, 1.807) is 0 Å². The molecule has 1 atom stereocenters. The average Bonchev–Trinajstić information content (AvgIpc) is 3.08. The third-order valence-electron chi connectivity index (χ3n) is 5.75. The number of aryl methyl sites for hydroxylation is 1. The molecule has 0 saturated heterocycles. The van der Waals surface area contributed by atoms with Crippen molar-refractivity contribution in [3.63, 3.8) is 0 Å². The summed E-state index contributed by atoms with van der Waals surface area (Å²) < 4.78 is 0.162. The Hall–Kier alpha value is -1.14. The van der Waals surface area contributed by atoms with Crippen LogP contribution >= 0.6 is 17.0 Å². The van der Waals surface area contributed by atoms with Gasteiger partial charge in [-0.2, -0.15) is 0 Å². The van der Waals surface area contributed by atoms with Gasteiger partial charge in [-0.3, -0.25) is 0 Å². The zero-order valence-electron chi connectivity index (χ0n) is 17.3. The van der Waals surface area contributed by atoms with Crippen molar-refractivity contribution < 1.29 is 19.4 Å². The van der Waals surface area contributed by atoms with E-state index in [0.29, 0.717) is 0 Å². The number of rotatable bonds is 3. The molecule has 1 aliphatic rings. The summed E-state index contributed by atoms with van der Waals surface area (Å²) in [6.45, 7) is 9.05. The number of hydrogen-bond acceptors (Lipinski definition) is 0. The minimum absolute atomic E-state index is 0.0367. The molecule has 1 unspecified atom stereocenters. The van der Waals surface area contributed by atoms with Gasteiger partial charge in [-0.1, -0.05) is 0 Å². The van der Waals surface area contributed by atoms with Gasteiger partial charge in [0, 0.05) is 0 Å². The van der Waals surface area contributed by atoms with Crippen LogP contribution in [0.25, 0.3) is 22.8 Å². The van der Waals surface area contributed by atoms with E-state index in [2.05, 4.69) is 101 Å². The van der Waals surface area contributed by atoms with Crippen LogP contribution in [0.1, 0.15) is 52.2 Å². The van der Waals surface area contributed by atoms with Crippen LogP contribution in [0.15, 0.2) is 66.7 Å². The van der Waals surface area contributed by atoms with Crippen LogP contribution in [-0.2, 0) is 24.8 Å². The number of halogens is 2. The molecular weight excluding hydrogens is 474 g/mol. The Balaban J connectivity index is 2.05. The molecule has 0 amide bonds. The number of hydrogen-bond donors (Lipinski definition) is 0. The molecule has 147 valence electrons. The molecule has 0 N–H and O–H groups in total. The maximum absolute atomic E-state index is 6.74. The monoisotopic (exact) mass is 497 g/mol. The molecule has 0 aromatic heterocycles. The van der Waals surface area contributed by atoms with Crippen LogP contribution in [0, 0.1) is 6.92 Å². The van der Waals surface area contributed by atoms with Crippen LogP contribution in [0.4, 0.5) is 0 Å². The number of benzene rings is 3. The van der Waals surface area contributed by atoms with Crippen molar-refractivity contribution in [2.45, 2.75) is 36.7 Å². The molecule has 3 aromatic rings. The first-order valence-corrected chi connectivity index (χ1v) is 17.7. The van der Waals surface area contributed by atoms with Crippen LogP contribution in [0.3, 0.4) is 0 Å². The van der Waals surface area contributed by atoms with E-state index < -0.39 is 19.4 Å². The first-order valence-electron chi connectivity index (χ1n) is 9.97. The van der Waals surface area contributed by atoms with Gasteiger partial charge < -0.3 is 0 Å². The van der Waals surface area contributed by atoms with E-state index in [-0.39, 0.29) is 9.04 Å². The van der Waals surface area contributed by atoms with Gasteiger partial charge in [-0.05, 0) is 0 Å². The van der Waals surface area contributed by atoms with Gasteiger partial charge in [0.15, 0.2) is 0 Å². The summed E-state index contributed by atoms with van der Waals surface area (Å²) in [4.78, 5) is 0. The second kappa shape index (κ2) is 8.18. The van der Waals surface area contributed by atoms with Crippen molar-refractivity contribution in [2.24, 2.45) is 0 Å². The fourth-order valence-corrected chi connectivity index (χ4v) is 9.50. The van der Waals surface area contributed by atoms with Crippen LogP contribution in [0.5, 0.6) is 0 Å². The molecule has 0 fully saturated rings. The van der Waals surface area contributed by atoms with Gasteiger partial charge >= 0.3 is 190 Å². The second-order valence-electron chi connectivity index (χ2n) is 8.74. The van der Waals surface area contributed by atoms with E-state index in [1.807, 2.05) is 0 Å². The summed E-state index contributed by atoms with van der Waals surface area (Å²) in [6, 6.07) is 23.8. The molecule has 3 aromatic carbocycles. The molecular formula is C26H25Cl2Zr. The van der Waals surface area contributed by atoms with Crippen molar-refractivity contribution in [3.8, 4) is 11.1 Å². The van der Waals surface area contributed by atoms with Crippen molar-refractivity contribution >= 4 is 28.7 Å². The van der Waals surface area contributed by atoms with Gasteiger partial charge in [0.1, 0.15) is 0 Å². The maximum atomic E-state index is 6.74. The van der Waals surface area contributed by atoms with E-state index in [1.165, 1.54) is 44.5 Å². The number of fused-ring (bicyclic) bond motifs is 1. The van der Waals surface area contributed by atoms with Gasteiger partial charge in [-0.15, -0.1) is 0 Å². The predicted molar refractivity (Wildman–Crippen MR) is 124 cm³/mol. The Morgan fingerprint density at radius 2 is 1.48 bits per heavy atom. The molecule has 0 bridgehead atoms. The molecule has 0 aliphatic heterocycles. The Morgan fingerprint density at radius 3 is 2.10 bits per heavy atom. The Labute approximate surface area is 189 Å². The van der Waals surface area contributed by atoms with Gasteiger partial charge in [-0.25, -0.2) is 0 Å². The zero-order chi connectivity index (χ0) is 20.8. The molecule has 0 spiro atoms. The first-order chi connectivity index (χ1) is 13.8. The fourth-order valence-electron chi connectivity index (χ4n) is 4.33. The standard InChI is InChI=1S/C26H25.2ClH.Zr/c1-18-10-8-9-13-22(18)25-23-17-21(19-11-6-5-7-12-19)16-20(23)14-15-24(25)26(2,3)4;;;/h5-17H,1-4H3;2*1H;/q;;;+2/p-2. The summed E-state index contributed by atoms with van der Waals surface area (Å²) >= 11 is -2.62.